The van der Waals surface area contributed by atoms with Crippen LogP contribution in [0.2, 0.25) is 0 Å². The fraction of sp³-hybridized carbons (Fsp3) is 0.136. The van der Waals surface area contributed by atoms with Gasteiger partial charge in [-0.25, -0.2) is 23.7 Å². The number of allylic oxidation sites excluding steroid dienone is 10. The number of hydrogen-bond donors (Lipinski definition) is 1. The highest BCUT2D eigenvalue weighted by Crippen LogP contribution is 2.39. The normalized spacial score (nSPS) is 17.9. The predicted octanol–water partition coefficient (Wildman–Crippen LogP) is 5.96. The first-order valence-electron chi connectivity index (χ1n) is 17.6. The number of aryl methyl sites for hydroxylation is 3. The van der Waals surface area contributed by atoms with Crippen molar-refractivity contribution < 1.29 is 13.7 Å². The molecule has 9 rings (SSSR count). The topological polar surface area (TPSA) is 67.8 Å². The molecule has 0 aliphatic carbocycles. The van der Waals surface area contributed by atoms with Crippen molar-refractivity contribution >= 4 is 33.9 Å². The predicted molar refractivity (Wildman–Crippen MR) is 205 cm³/mol. The highest BCUT2D eigenvalue weighted by molar-refractivity contribution is 6.34. The molecule has 9 heterocycles. The molecule has 0 radical (unpaired) electrons. The maximum Gasteiger partial charge on any atom is 0.169 e. The molecule has 0 fully saturated rings. The van der Waals surface area contributed by atoms with Crippen LogP contribution in [0, 0.1) is 0 Å². The molecule has 5 aliphatic rings. The van der Waals surface area contributed by atoms with Crippen LogP contribution in [0.5, 0.6) is 0 Å². The molecule has 1 N–H and O–H groups in total. The number of aliphatic imine (C=N–C) groups is 3. The van der Waals surface area contributed by atoms with Gasteiger partial charge in [-0.3, -0.25) is 4.99 Å². The quantitative estimate of drug-likeness (QED) is 0.267. The maximum atomic E-state index is 5.47. The zero-order chi connectivity index (χ0) is 35.3. The second kappa shape index (κ2) is 12.7. The van der Waals surface area contributed by atoms with E-state index in [1.807, 2.05) is 28.2 Å². The summed E-state index contributed by atoms with van der Waals surface area (Å²) < 4.78 is 6.16. The van der Waals surface area contributed by atoms with Crippen molar-refractivity contribution in [2.24, 2.45) is 36.1 Å². The smallest absolute Gasteiger partial charge is 0.169 e. The first-order chi connectivity index (χ1) is 25.4. The molecule has 0 amide bonds. The van der Waals surface area contributed by atoms with E-state index < -0.39 is 0 Å². The number of nitrogens with one attached hydrogen (secondary N) is 1. The van der Waals surface area contributed by atoms with Crippen molar-refractivity contribution in [3.63, 3.8) is 0 Å². The number of fused-ring (bicyclic) bond motifs is 5. The molecule has 0 aromatic carbocycles. The Labute approximate surface area is 303 Å². The summed E-state index contributed by atoms with van der Waals surface area (Å²) in [5.74, 6) is 0. The molecule has 0 saturated heterocycles. The highest BCUT2D eigenvalue weighted by Gasteiger charge is 2.29. The molecule has 8 heteroatoms. The minimum absolute atomic E-state index is 0.801. The lowest BCUT2D eigenvalue weighted by Gasteiger charge is -2.16. The Morgan fingerprint density at radius 3 is 1.48 bits per heavy atom. The highest BCUT2D eigenvalue weighted by atomic mass is 15.0. The van der Waals surface area contributed by atoms with E-state index in [0.29, 0.717) is 0 Å². The van der Waals surface area contributed by atoms with Gasteiger partial charge < -0.3 is 9.88 Å². The van der Waals surface area contributed by atoms with Crippen LogP contribution in [-0.4, -0.2) is 34.1 Å². The third-order valence-corrected chi connectivity index (χ3v) is 10.0. The van der Waals surface area contributed by atoms with E-state index in [4.69, 9.17) is 15.0 Å². The number of nitrogens with zero attached hydrogens (tertiary/aromatic N) is 7. The van der Waals surface area contributed by atoms with Crippen molar-refractivity contribution in [2.75, 3.05) is 7.05 Å². The van der Waals surface area contributed by atoms with Gasteiger partial charge in [-0.2, -0.15) is 0 Å². The van der Waals surface area contributed by atoms with Crippen molar-refractivity contribution in [3.05, 3.63) is 191 Å². The molecule has 0 unspecified atom stereocenters. The Morgan fingerprint density at radius 2 is 0.981 bits per heavy atom. The first-order valence-corrected chi connectivity index (χ1v) is 17.6. The number of rotatable bonds is 3. The molecule has 8 bridgehead atoms. The second-order valence-electron chi connectivity index (χ2n) is 13.7. The van der Waals surface area contributed by atoms with Gasteiger partial charge in [0.25, 0.3) is 0 Å². The molecule has 0 saturated carbocycles. The third kappa shape index (κ3) is 5.68. The van der Waals surface area contributed by atoms with Crippen molar-refractivity contribution in [1.29, 1.82) is 0 Å². The maximum absolute atomic E-state index is 5.47. The molecular formula is C44H39N8+3. The number of H-pyrrole nitrogens is 1. The van der Waals surface area contributed by atoms with Gasteiger partial charge in [0.05, 0.1) is 34.2 Å². The van der Waals surface area contributed by atoms with Crippen molar-refractivity contribution in [1.82, 2.24) is 9.88 Å². The Hall–Kier alpha value is -6.54. The van der Waals surface area contributed by atoms with Gasteiger partial charge in [0, 0.05) is 89.5 Å². The van der Waals surface area contributed by atoms with Crippen LogP contribution in [0.1, 0.15) is 40.9 Å². The van der Waals surface area contributed by atoms with Crippen LogP contribution in [0.4, 0.5) is 0 Å². The van der Waals surface area contributed by atoms with E-state index in [2.05, 4.69) is 158 Å². The number of hydrogen-bond acceptors (Lipinski definition) is 4. The van der Waals surface area contributed by atoms with Gasteiger partial charge in [0.1, 0.15) is 21.1 Å². The molecular weight excluding hydrogens is 641 g/mol. The summed E-state index contributed by atoms with van der Waals surface area (Å²) in [6.07, 6.45) is 31.2. The second-order valence-corrected chi connectivity index (χ2v) is 13.7. The number of pyridine rings is 3. The van der Waals surface area contributed by atoms with Gasteiger partial charge in [-0.1, -0.05) is 0 Å². The van der Waals surface area contributed by atoms with Crippen molar-refractivity contribution in [3.8, 4) is 0 Å². The zero-order valence-corrected chi connectivity index (χ0v) is 29.7. The third-order valence-electron chi connectivity index (χ3n) is 10.0. The van der Waals surface area contributed by atoms with E-state index in [1.54, 1.807) is 0 Å². The summed E-state index contributed by atoms with van der Waals surface area (Å²) in [5, 5.41) is 0. The number of aromatic nitrogens is 4. The fourth-order valence-corrected chi connectivity index (χ4v) is 7.32. The van der Waals surface area contributed by atoms with Gasteiger partial charge in [0.15, 0.2) is 37.2 Å². The Morgan fingerprint density at radius 1 is 0.519 bits per heavy atom. The molecule has 5 aliphatic heterocycles. The van der Waals surface area contributed by atoms with E-state index in [-0.39, 0.29) is 0 Å². The largest absolute Gasteiger partial charge is 0.357 e. The SMILES string of the molecule is CN1C=CC(=C2C3=NC(=C(c4cc[n+](C)cc4)c4ccc([nH]4)C(c4cc[n+](C)cc4)=C4C=CC(=N4)C(c4cc[n+](C)cc4)=C4CCC2=N4)C=C3)C=C1. The Bertz CT molecular complexity index is 2490. The van der Waals surface area contributed by atoms with E-state index in [0.717, 1.165) is 103 Å². The van der Waals surface area contributed by atoms with Gasteiger partial charge >= 0.3 is 0 Å². The summed E-state index contributed by atoms with van der Waals surface area (Å²) in [7, 11) is 8.16. The summed E-state index contributed by atoms with van der Waals surface area (Å²) in [6, 6.07) is 17.3. The van der Waals surface area contributed by atoms with Crippen LogP contribution >= 0.6 is 0 Å². The summed E-state index contributed by atoms with van der Waals surface area (Å²) in [6.45, 7) is 0. The molecule has 8 nitrogen and oxygen atoms in total. The van der Waals surface area contributed by atoms with E-state index in [9.17, 15) is 0 Å². The molecule has 4 aromatic heterocycles. The Kier molecular flexibility index (Phi) is 7.65. The summed E-state index contributed by atoms with van der Waals surface area (Å²) in [4.78, 5) is 22.2. The monoisotopic (exact) mass is 679 g/mol. The van der Waals surface area contributed by atoms with Gasteiger partial charge in [-0.15, -0.1) is 0 Å². The van der Waals surface area contributed by atoms with Crippen LogP contribution in [0.3, 0.4) is 0 Å². The summed E-state index contributed by atoms with van der Waals surface area (Å²) >= 11 is 0. The van der Waals surface area contributed by atoms with E-state index >= 15 is 0 Å². The van der Waals surface area contributed by atoms with Crippen LogP contribution in [0.15, 0.2) is 178 Å². The first kappa shape index (κ1) is 31.4. The fourth-order valence-electron chi connectivity index (χ4n) is 7.32. The molecule has 252 valence electrons. The lowest BCUT2D eigenvalue weighted by molar-refractivity contribution is -0.671. The minimum atomic E-state index is 0.801. The lowest BCUT2D eigenvalue weighted by atomic mass is 9.95. The van der Waals surface area contributed by atoms with E-state index in [1.165, 1.54) is 0 Å². The molecule has 0 atom stereocenters. The lowest BCUT2D eigenvalue weighted by Crippen LogP contribution is -2.26. The number of aromatic amines is 1. The molecule has 0 spiro atoms. The van der Waals surface area contributed by atoms with Crippen molar-refractivity contribution in [2.45, 2.75) is 12.8 Å². The van der Waals surface area contributed by atoms with Gasteiger partial charge in [0.2, 0.25) is 0 Å². The summed E-state index contributed by atoms with van der Waals surface area (Å²) in [5.41, 5.74) is 16.2. The van der Waals surface area contributed by atoms with Crippen LogP contribution in [-0.2, 0) is 21.1 Å². The minimum Gasteiger partial charge on any atom is -0.357 e. The van der Waals surface area contributed by atoms with Gasteiger partial charge in [-0.05, 0) is 83.7 Å². The zero-order valence-electron chi connectivity index (χ0n) is 29.7. The Balaban J connectivity index is 1.36. The van der Waals surface area contributed by atoms with Crippen LogP contribution in [0.25, 0.3) is 16.7 Å². The molecule has 4 aromatic rings. The standard InChI is InChI=1S/C44H39N8/c1-49-21-13-29(14-22-49)41-33-5-7-35(45-33)42(30-15-23-50(2)24-16-30)37-9-11-39(47-37)44(32-19-27-52(4)28-20-32)40-12-10-38(48-40)43(36-8-6-34(41)46-36)31-17-25-51(3)26-18-31/h5-9,11,13-28,45H,10,12H2,1-4H3/q+3. The molecule has 52 heavy (non-hydrogen) atoms. The average Bonchev–Trinajstić information content (AvgIpc) is 3.99. The average molecular weight is 680 g/mol. The van der Waals surface area contributed by atoms with Crippen LogP contribution < -0.4 is 13.7 Å².